The molecule has 2 aromatic heterocycles. The monoisotopic (exact) mass is 1120 g/mol. The van der Waals surface area contributed by atoms with E-state index in [9.17, 15) is 18.4 Å². The maximum atomic E-state index is 15.3. The van der Waals surface area contributed by atoms with Crippen molar-refractivity contribution in [3.63, 3.8) is 0 Å². The van der Waals surface area contributed by atoms with Gasteiger partial charge in [0.2, 0.25) is 11.8 Å². The van der Waals surface area contributed by atoms with Crippen molar-refractivity contribution in [3.05, 3.63) is 129 Å². The molecular weight excluding hydrogens is 1040 g/mol. The fourth-order valence-corrected chi connectivity index (χ4v) is 14.8. The fourth-order valence-electron chi connectivity index (χ4n) is 9.52. The Balaban J connectivity index is 0.937. The summed E-state index contributed by atoms with van der Waals surface area (Å²) in [6.45, 7) is 13.5. The normalized spacial score (nSPS) is 12.5. The van der Waals surface area contributed by atoms with Crippen LogP contribution in [0.3, 0.4) is 0 Å². The second-order valence-electron chi connectivity index (χ2n) is 19.2. The minimum absolute atomic E-state index is 0.0615. The van der Waals surface area contributed by atoms with Crippen molar-refractivity contribution in [1.29, 1.82) is 0 Å². The summed E-state index contributed by atoms with van der Waals surface area (Å²) in [7, 11) is -6.28. The SMILES string of the molecule is CCO[Si](CCCC(F)(F)CCCOc1ccc2cc(-c3ccccc3CCCCO[Si](CCCC(F)(F)CCCOc3ccc4cc(-c5ccc(CC)cc5)c(=O)oc4c3)(OCC)OCC)c(=O)oc2c1)(OCC)OCC. The molecule has 0 aliphatic heterocycles. The number of alkyl halides is 4. The molecule has 0 N–H and O–H groups in total. The van der Waals surface area contributed by atoms with Crippen LogP contribution in [-0.4, -0.2) is 82.3 Å². The molecule has 18 heteroatoms. The van der Waals surface area contributed by atoms with Gasteiger partial charge in [0.15, 0.2) is 0 Å². The molecule has 0 aliphatic carbocycles. The third-order valence-corrected chi connectivity index (χ3v) is 19.6. The lowest BCUT2D eigenvalue weighted by Gasteiger charge is -2.29. The second-order valence-corrected chi connectivity index (χ2v) is 24.6. The zero-order chi connectivity index (χ0) is 56.0. The van der Waals surface area contributed by atoms with Crippen molar-refractivity contribution in [1.82, 2.24) is 0 Å². The number of rotatable bonds is 37. The van der Waals surface area contributed by atoms with Crippen molar-refractivity contribution < 1.29 is 62.4 Å². The Morgan fingerprint density at radius 3 is 1.42 bits per heavy atom. The van der Waals surface area contributed by atoms with Crippen molar-refractivity contribution in [2.45, 2.75) is 143 Å². The van der Waals surface area contributed by atoms with Crippen LogP contribution in [-0.2, 0) is 39.4 Å². The second kappa shape index (κ2) is 30.4. The number of benzene rings is 4. The van der Waals surface area contributed by atoms with Gasteiger partial charge in [-0.3, -0.25) is 0 Å². The average molecular weight is 1120 g/mol. The third-order valence-electron chi connectivity index (χ3n) is 13.3. The Kier molecular flexibility index (Phi) is 24.2. The molecule has 6 rings (SSSR count). The van der Waals surface area contributed by atoms with Gasteiger partial charge in [0.05, 0.1) is 24.3 Å². The molecule has 0 aliphatic rings. The molecule has 0 unspecified atom stereocenters. The van der Waals surface area contributed by atoms with Crippen LogP contribution in [0.15, 0.2) is 115 Å². The molecule has 78 heavy (non-hydrogen) atoms. The largest absolute Gasteiger partial charge is 0.500 e. The van der Waals surface area contributed by atoms with Crippen LogP contribution < -0.4 is 20.7 Å². The van der Waals surface area contributed by atoms with E-state index in [0.29, 0.717) is 104 Å². The molecule has 0 amide bonds. The Labute approximate surface area is 458 Å². The summed E-state index contributed by atoms with van der Waals surface area (Å²) in [4.78, 5) is 26.3. The smallest absolute Gasteiger partial charge is 0.493 e. The summed E-state index contributed by atoms with van der Waals surface area (Å²) in [5.41, 5.74) is 4.17. The van der Waals surface area contributed by atoms with Crippen molar-refractivity contribution in [2.24, 2.45) is 0 Å². The third kappa shape index (κ3) is 18.4. The molecule has 2 heterocycles. The highest BCUT2D eigenvalue weighted by molar-refractivity contribution is 6.61. The Morgan fingerprint density at radius 2 is 0.923 bits per heavy atom. The van der Waals surface area contributed by atoms with Gasteiger partial charge in [0.25, 0.3) is 0 Å². The van der Waals surface area contributed by atoms with E-state index >= 15 is 8.78 Å². The number of hydrogen-bond donors (Lipinski definition) is 0. The van der Waals surface area contributed by atoms with E-state index in [1.54, 1.807) is 48.5 Å². The first-order valence-corrected chi connectivity index (χ1v) is 31.6. The molecule has 426 valence electrons. The maximum absolute atomic E-state index is 15.3. The standard InChI is InChI=1S/C60H78F4O12Si2/c1-7-45-24-26-47(27-25-45)53-41-48-28-30-50(43-55(48)75-57(53)65)67-36-18-33-60(63,64)35-20-40-78(72-11-5,73-12-6)74-38-16-15-22-46-21-13-14-23-52(46)54-42-49-29-31-51(44-56(49)76-58(54)66)68-37-17-32-59(61,62)34-19-39-77(69-8-2,70-9-3)71-10-4/h13-14,21,23-31,41-44H,7-12,15-20,22,32-40H2,1-6H3. The summed E-state index contributed by atoms with van der Waals surface area (Å²) in [6, 6.07) is 29.8. The molecule has 6 aromatic rings. The van der Waals surface area contributed by atoms with Gasteiger partial charge in [-0.2, -0.15) is 0 Å². The van der Waals surface area contributed by atoms with E-state index in [1.807, 2.05) is 83.1 Å². The topological polar surface area (TPSA) is 134 Å². The highest BCUT2D eigenvalue weighted by atomic mass is 28.4. The zero-order valence-corrected chi connectivity index (χ0v) is 48.2. The lowest BCUT2D eigenvalue weighted by atomic mass is 9.96. The summed E-state index contributed by atoms with van der Waals surface area (Å²) in [5.74, 6) is -5.00. The lowest BCUT2D eigenvalue weighted by Crippen LogP contribution is -2.46. The van der Waals surface area contributed by atoms with Gasteiger partial charge in [-0.1, -0.05) is 55.5 Å². The van der Waals surface area contributed by atoms with Crippen LogP contribution in [0.4, 0.5) is 17.6 Å². The van der Waals surface area contributed by atoms with Crippen LogP contribution in [0, 0.1) is 0 Å². The number of aryl methyl sites for hydroxylation is 2. The predicted octanol–water partition coefficient (Wildman–Crippen LogP) is 15.0. The summed E-state index contributed by atoms with van der Waals surface area (Å²) in [5, 5.41) is 1.40. The number of hydrogen-bond acceptors (Lipinski definition) is 12. The summed E-state index contributed by atoms with van der Waals surface area (Å²) >= 11 is 0. The lowest BCUT2D eigenvalue weighted by molar-refractivity contribution is -0.0234. The quantitative estimate of drug-likeness (QED) is 0.0159. The Hall–Kier alpha value is -5.19. The summed E-state index contributed by atoms with van der Waals surface area (Å²) in [6.07, 6.45) is 2.07. The summed E-state index contributed by atoms with van der Waals surface area (Å²) < 4.78 is 119. The molecule has 0 spiro atoms. The van der Waals surface area contributed by atoms with Crippen LogP contribution in [0.25, 0.3) is 44.2 Å². The fraction of sp³-hybridized carbons (Fsp3) is 0.500. The highest BCUT2D eigenvalue weighted by Crippen LogP contribution is 2.34. The van der Waals surface area contributed by atoms with Crippen molar-refractivity contribution in [3.8, 4) is 33.8 Å². The first-order chi connectivity index (χ1) is 37.6. The number of unbranched alkanes of at least 4 members (excludes halogenated alkanes) is 1. The van der Waals surface area contributed by atoms with Crippen molar-refractivity contribution >= 4 is 39.5 Å². The molecule has 0 bridgehead atoms. The molecule has 0 saturated heterocycles. The Bertz CT molecular complexity index is 2870. The van der Waals surface area contributed by atoms with Gasteiger partial charge in [0.1, 0.15) is 22.7 Å². The number of ether oxygens (including phenoxy) is 2. The van der Waals surface area contributed by atoms with E-state index in [0.717, 1.165) is 28.5 Å². The highest BCUT2D eigenvalue weighted by Gasteiger charge is 2.42. The first-order valence-electron chi connectivity index (χ1n) is 27.8. The molecule has 0 atom stereocenters. The minimum atomic E-state index is -3.29. The molecule has 12 nitrogen and oxygen atoms in total. The van der Waals surface area contributed by atoms with Crippen LogP contribution in [0.2, 0.25) is 12.1 Å². The number of halogens is 4. The van der Waals surface area contributed by atoms with Gasteiger partial charge in [0, 0.05) is 100 Å². The molecule has 4 aromatic carbocycles. The van der Waals surface area contributed by atoms with E-state index in [1.165, 1.54) is 5.56 Å². The molecule has 0 radical (unpaired) electrons. The number of fused-ring (bicyclic) bond motifs is 2. The predicted molar refractivity (Wildman–Crippen MR) is 301 cm³/mol. The van der Waals surface area contributed by atoms with Crippen LogP contribution in [0.5, 0.6) is 11.5 Å². The van der Waals surface area contributed by atoms with E-state index in [2.05, 4.69) is 6.92 Å². The van der Waals surface area contributed by atoms with Gasteiger partial charge in [-0.15, -0.1) is 0 Å². The van der Waals surface area contributed by atoms with E-state index < -0.39 is 40.7 Å². The minimum Gasteiger partial charge on any atom is -0.493 e. The van der Waals surface area contributed by atoms with Gasteiger partial charge in [-0.05, 0) is 145 Å². The first kappa shape index (κ1) is 62.0. The van der Waals surface area contributed by atoms with Gasteiger partial charge < -0.3 is 44.9 Å². The van der Waals surface area contributed by atoms with Gasteiger partial charge in [-0.25, -0.2) is 27.2 Å². The molecular formula is C60H78F4O12Si2. The molecule has 0 saturated carbocycles. The van der Waals surface area contributed by atoms with E-state index in [4.69, 9.17) is 44.9 Å². The molecule has 0 fully saturated rings. The van der Waals surface area contributed by atoms with Gasteiger partial charge >= 0.3 is 28.9 Å². The Morgan fingerprint density at radius 1 is 0.462 bits per heavy atom. The zero-order valence-electron chi connectivity index (χ0n) is 46.2. The van der Waals surface area contributed by atoms with Crippen LogP contribution in [0.1, 0.15) is 117 Å². The van der Waals surface area contributed by atoms with E-state index in [-0.39, 0.29) is 70.6 Å². The van der Waals surface area contributed by atoms with Crippen LogP contribution >= 0.6 is 0 Å². The van der Waals surface area contributed by atoms with Crippen molar-refractivity contribution in [2.75, 3.05) is 52.9 Å². The average Bonchev–Trinajstić information content (AvgIpc) is 3.44. The maximum Gasteiger partial charge on any atom is 0.500 e.